The molecule has 3 rings (SSSR count). The highest BCUT2D eigenvalue weighted by atomic mass is 16.1. The average molecular weight is 433 g/mol. The zero-order chi connectivity index (χ0) is 22.9. The summed E-state index contributed by atoms with van der Waals surface area (Å²) < 4.78 is 2.12. The third-order valence-corrected chi connectivity index (χ3v) is 6.47. The van der Waals surface area contributed by atoms with Gasteiger partial charge in [-0.1, -0.05) is 64.4 Å². The van der Waals surface area contributed by atoms with Crippen LogP contribution in [0.25, 0.3) is 5.52 Å². The summed E-state index contributed by atoms with van der Waals surface area (Å²) in [5.41, 5.74) is 6.48. The average Bonchev–Trinajstić information content (AvgIpc) is 3.19. The Balaban J connectivity index is 1.79. The van der Waals surface area contributed by atoms with Crippen LogP contribution >= 0.6 is 0 Å². The van der Waals surface area contributed by atoms with Crippen molar-refractivity contribution in [3.05, 3.63) is 76.6 Å². The van der Waals surface area contributed by atoms with Gasteiger partial charge in [0.15, 0.2) is 0 Å². The highest BCUT2D eigenvalue weighted by Gasteiger charge is 2.19. The van der Waals surface area contributed by atoms with Crippen molar-refractivity contribution in [3.63, 3.8) is 0 Å². The summed E-state index contributed by atoms with van der Waals surface area (Å²) in [7, 11) is 0. The highest BCUT2D eigenvalue weighted by Crippen LogP contribution is 2.23. The van der Waals surface area contributed by atoms with Crippen molar-refractivity contribution >= 4 is 11.3 Å². The van der Waals surface area contributed by atoms with Gasteiger partial charge in [0.2, 0.25) is 5.78 Å². The predicted octanol–water partition coefficient (Wildman–Crippen LogP) is 6.74. The lowest BCUT2D eigenvalue weighted by Crippen LogP contribution is -2.25. The quantitative estimate of drug-likeness (QED) is 0.279. The van der Waals surface area contributed by atoms with Crippen molar-refractivity contribution in [1.29, 1.82) is 0 Å². The Morgan fingerprint density at radius 3 is 2.25 bits per heavy atom. The molecule has 0 radical (unpaired) electrons. The smallest absolute Gasteiger partial charge is 0.210 e. The van der Waals surface area contributed by atoms with E-state index in [1.54, 1.807) is 0 Å². The molecular weight excluding hydrogens is 392 g/mol. The first-order chi connectivity index (χ1) is 15.6. The molecule has 3 nitrogen and oxygen atoms in total. The molecule has 32 heavy (non-hydrogen) atoms. The van der Waals surface area contributed by atoms with E-state index in [0.29, 0.717) is 0 Å². The number of benzene rings is 1. The molecule has 2 aromatic heterocycles. The zero-order valence-electron chi connectivity index (χ0n) is 20.5. The van der Waals surface area contributed by atoms with Crippen LogP contribution in [0.2, 0.25) is 0 Å². The number of pyridine rings is 1. The van der Waals surface area contributed by atoms with E-state index in [-0.39, 0.29) is 5.78 Å². The molecule has 3 heteroatoms. The topological polar surface area (TPSA) is 24.7 Å². The molecule has 0 aliphatic rings. The van der Waals surface area contributed by atoms with Gasteiger partial charge in [-0.05, 0) is 87.0 Å². The molecule has 1 aromatic carbocycles. The normalized spacial score (nSPS) is 11.5. The number of rotatable bonds is 13. The van der Waals surface area contributed by atoms with Gasteiger partial charge >= 0.3 is 0 Å². The van der Waals surface area contributed by atoms with Crippen LogP contribution in [-0.2, 0) is 19.3 Å². The molecule has 172 valence electrons. The van der Waals surface area contributed by atoms with Gasteiger partial charge in [0, 0.05) is 17.3 Å². The first-order valence-electron chi connectivity index (χ1n) is 12.6. The van der Waals surface area contributed by atoms with E-state index in [4.69, 9.17) is 0 Å². The Morgan fingerprint density at radius 2 is 1.59 bits per heavy atom. The molecule has 3 aromatic rings. The van der Waals surface area contributed by atoms with Crippen LogP contribution in [0.1, 0.15) is 86.1 Å². The second-order valence-electron chi connectivity index (χ2n) is 8.87. The van der Waals surface area contributed by atoms with Crippen molar-refractivity contribution in [2.45, 2.75) is 72.6 Å². The molecule has 0 aliphatic carbocycles. The largest absolute Gasteiger partial charge is 0.313 e. The Morgan fingerprint density at radius 1 is 0.844 bits per heavy atom. The van der Waals surface area contributed by atoms with Gasteiger partial charge in [-0.3, -0.25) is 4.79 Å². The van der Waals surface area contributed by atoms with Crippen molar-refractivity contribution in [3.8, 4) is 0 Å². The van der Waals surface area contributed by atoms with E-state index in [9.17, 15) is 4.79 Å². The fourth-order valence-corrected chi connectivity index (χ4v) is 4.50. The van der Waals surface area contributed by atoms with Gasteiger partial charge in [-0.2, -0.15) is 0 Å². The van der Waals surface area contributed by atoms with E-state index >= 15 is 0 Å². The van der Waals surface area contributed by atoms with Crippen molar-refractivity contribution in [1.82, 2.24) is 9.30 Å². The van der Waals surface area contributed by atoms with Crippen LogP contribution in [0.15, 0.2) is 48.7 Å². The van der Waals surface area contributed by atoms with Gasteiger partial charge in [-0.15, -0.1) is 0 Å². The Hall–Kier alpha value is -2.39. The Labute approximate surface area is 194 Å². The molecule has 0 aliphatic heterocycles. The fourth-order valence-electron chi connectivity index (χ4n) is 4.50. The van der Waals surface area contributed by atoms with Crippen molar-refractivity contribution in [2.75, 3.05) is 19.6 Å². The fraction of sp³-hybridized carbons (Fsp3) is 0.483. The summed E-state index contributed by atoms with van der Waals surface area (Å²) >= 11 is 0. The SMILES string of the molecule is CCCCc1cc2ccc(CC)cn2c1C(=O)c1ccc(CCCN(CC)CCC)cc1. The molecule has 0 fully saturated rings. The minimum Gasteiger partial charge on any atom is -0.313 e. The summed E-state index contributed by atoms with van der Waals surface area (Å²) in [6, 6.07) is 14.8. The highest BCUT2D eigenvalue weighted by molar-refractivity contribution is 6.09. The van der Waals surface area contributed by atoms with E-state index < -0.39 is 0 Å². The number of fused-ring (bicyclic) bond motifs is 1. The summed E-state index contributed by atoms with van der Waals surface area (Å²) in [4.78, 5) is 16.1. The molecule has 0 unspecified atom stereocenters. The third-order valence-electron chi connectivity index (χ3n) is 6.47. The number of aromatic nitrogens is 1. The lowest BCUT2D eigenvalue weighted by Gasteiger charge is -2.19. The first kappa shape index (κ1) is 24.3. The third kappa shape index (κ3) is 5.89. The number of carbonyl (C=O) groups excluding carboxylic acids is 1. The molecule has 0 N–H and O–H groups in total. The number of unbranched alkanes of at least 4 members (excludes halogenated alkanes) is 1. The van der Waals surface area contributed by atoms with Gasteiger partial charge in [0.25, 0.3) is 0 Å². The first-order valence-corrected chi connectivity index (χ1v) is 12.6. The lowest BCUT2D eigenvalue weighted by molar-refractivity contribution is 0.103. The molecule has 0 spiro atoms. The Kier molecular flexibility index (Phi) is 9.11. The molecule has 0 saturated heterocycles. The van der Waals surface area contributed by atoms with Crippen LogP contribution in [0.5, 0.6) is 0 Å². The number of nitrogens with zero attached hydrogens (tertiary/aromatic N) is 2. The van der Waals surface area contributed by atoms with E-state index in [1.165, 1.54) is 29.7 Å². The molecular formula is C29H40N2O. The van der Waals surface area contributed by atoms with Gasteiger partial charge < -0.3 is 9.30 Å². The molecule has 0 saturated carbocycles. The molecule has 0 bridgehead atoms. The summed E-state index contributed by atoms with van der Waals surface area (Å²) in [5, 5.41) is 0. The molecule has 0 atom stereocenters. The molecule has 2 heterocycles. The number of hydrogen-bond acceptors (Lipinski definition) is 2. The second-order valence-corrected chi connectivity index (χ2v) is 8.87. The Bertz CT molecular complexity index is 1000. The standard InChI is InChI=1S/C29H40N2O/c1-5-9-12-26-21-27-18-15-23(7-3)22-31(27)28(26)29(32)25-16-13-24(14-17-25)11-10-20-30(8-4)19-6-2/h13-18,21-22H,5-12,19-20H2,1-4H3. The van der Waals surface area contributed by atoms with Gasteiger partial charge in [0.05, 0.1) is 5.69 Å². The van der Waals surface area contributed by atoms with Crippen LogP contribution < -0.4 is 0 Å². The maximum Gasteiger partial charge on any atom is 0.210 e. The van der Waals surface area contributed by atoms with Gasteiger partial charge in [-0.25, -0.2) is 0 Å². The van der Waals surface area contributed by atoms with Crippen LogP contribution in [0, 0.1) is 0 Å². The summed E-state index contributed by atoms with van der Waals surface area (Å²) in [6.07, 6.45) is 9.71. The number of hydrogen-bond donors (Lipinski definition) is 0. The zero-order valence-corrected chi connectivity index (χ0v) is 20.5. The number of ketones is 1. The van der Waals surface area contributed by atoms with E-state index in [0.717, 1.165) is 68.4 Å². The maximum atomic E-state index is 13.6. The number of carbonyl (C=O) groups is 1. The van der Waals surface area contributed by atoms with Crippen molar-refractivity contribution < 1.29 is 4.79 Å². The van der Waals surface area contributed by atoms with E-state index in [2.05, 4.69) is 73.5 Å². The van der Waals surface area contributed by atoms with E-state index in [1.807, 2.05) is 12.1 Å². The maximum absolute atomic E-state index is 13.6. The minimum absolute atomic E-state index is 0.135. The summed E-state index contributed by atoms with van der Waals surface area (Å²) in [5.74, 6) is 0.135. The second kappa shape index (κ2) is 12.0. The lowest BCUT2D eigenvalue weighted by atomic mass is 10.00. The van der Waals surface area contributed by atoms with Crippen LogP contribution in [0.4, 0.5) is 0 Å². The van der Waals surface area contributed by atoms with Crippen LogP contribution in [-0.4, -0.2) is 34.7 Å². The van der Waals surface area contributed by atoms with Crippen LogP contribution in [0.3, 0.4) is 0 Å². The van der Waals surface area contributed by atoms with Gasteiger partial charge in [0.1, 0.15) is 0 Å². The summed E-state index contributed by atoms with van der Waals surface area (Å²) in [6.45, 7) is 12.3. The monoisotopic (exact) mass is 432 g/mol. The minimum atomic E-state index is 0.135. The number of aryl methyl sites for hydroxylation is 3. The molecule has 0 amide bonds. The predicted molar refractivity (Wildman–Crippen MR) is 136 cm³/mol. The van der Waals surface area contributed by atoms with Crippen molar-refractivity contribution in [2.24, 2.45) is 0 Å².